The minimum absolute atomic E-state index is 0. The second-order valence-electron chi connectivity index (χ2n) is 9.49. The van der Waals surface area contributed by atoms with Crippen molar-refractivity contribution < 1.29 is 35.2 Å². The summed E-state index contributed by atoms with van der Waals surface area (Å²) in [6, 6.07) is 1.68. The normalized spacial score (nSPS) is 20.9. The molecule has 1 aliphatic heterocycles. The van der Waals surface area contributed by atoms with Crippen LogP contribution in [0.2, 0.25) is 10.0 Å². The van der Waals surface area contributed by atoms with Crippen LogP contribution in [0.3, 0.4) is 0 Å². The molecular formula is C23H30Cl3F5N2O3S. The molecule has 0 N–H and O–H groups in total. The molecule has 1 aliphatic carbocycles. The van der Waals surface area contributed by atoms with E-state index in [1.165, 1.54) is 4.31 Å². The van der Waals surface area contributed by atoms with Gasteiger partial charge >= 0.3 is 6.18 Å². The van der Waals surface area contributed by atoms with Gasteiger partial charge in [0.15, 0.2) is 5.78 Å². The number of alkyl halides is 5. The lowest BCUT2D eigenvalue weighted by atomic mass is 9.74. The van der Waals surface area contributed by atoms with Gasteiger partial charge in [-0.1, -0.05) is 30.1 Å². The molecule has 2 aliphatic rings. The van der Waals surface area contributed by atoms with E-state index in [-0.39, 0.29) is 74.8 Å². The van der Waals surface area contributed by atoms with E-state index in [0.29, 0.717) is 25.6 Å². The summed E-state index contributed by atoms with van der Waals surface area (Å²) in [6.07, 6.45) is -5.03. The summed E-state index contributed by atoms with van der Waals surface area (Å²) in [5.41, 5.74) is -2.41. The van der Waals surface area contributed by atoms with E-state index in [4.69, 9.17) is 23.2 Å². The first-order chi connectivity index (χ1) is 16.6. The number of halogens is 8. The highest BCUT2D eigenvalue weighted by atomic mass is 35.5. The molecule has 0 unspecified atom stereocenters. The van der Waals surface area contributed by atoms with Crippen molar-refractivity contribution in [2.45, 2.75) is 69.5 Å². The zero-order chi connectivity index (χ0) is 26.9. The minimum atomic E-state index is -4.77. The summed E-state index contributed by atoms with van der Waals surface area (Å²) in [4.78, 5) is 15.0. The van der Waals surface area contributed by atoms with Crippen LogP contribution in [0.1, 0.15) is 67.8 Å². The van der Waals surface area contributed by atoms with Crippen LogP contribution < -0.4 is 0 Å². The zero-order valence-corrected chi connectivity index (χ0v) is 23.4. The first kappa shape index (κ1) is 32.5. The van der Waals surface area contributed by atoms with E-state index in [9.17, 15) is 35.2 Å². The maximum atomic E-state index is 14.0. The Morgan fingerprint density at radius 3 is 2.11 bits per heavy atom. The van der Waals surface area contributed by atoms with Crippen LogP contribution in [0.15, 0.2) is 12.1 Å². The molecule has 14 heteroatoms. The van der Waals surface area contributed by atoms with Crippen molar-refractivity contribution in [1.82, 2.24) is 9.21 Å². The second kappa shape index (κ2) is 12.2. The maximum absolute atomic E-state index is 14.0. The van der Waals surface area contributed by atoms with Gasteiger partial charge in [-0.05, 0) is 37.8 Å². The fraction of sp³-hybridized carbons (Fsp3) is 0.696. The van der Waals surface area contributed by atoms with Gasteiger partial charge in [-0.2, -0.15) is 17.5 Å². The van der Waals surface area contributed by atoms with Gasteiger partial charge in [-0.3, -0.25) is 9.69 Å². The number of piperazine rings is 1. The Morgan fingerprint density at radius 1 is 1.03 bits per heavy atom. The van der Waals surface area contributed by atoms with Gasteiger partial charge < -0.3 is 0 Å². The average molecular weight is 616 g/mol. The van der Waals surface area contributed by atoms with Gasteiger partial charge in [0.1, 0.15) is 0 Å². The molecule has 0 amide bonds. The number of ketones is 1. The molecule has 3 rings (SSSR count). The van der Waals surface area contributed by atoms with Gasteiger partial charge in [0, 0.05) is 51.0 Å². The maximum Gasteiger partial charge on any atom is 0.417 e. The molecule has 1 saturated heterocycles. The van der Waals surface area contributed by atoms with Crippen LogP contribution in [-0.4, -0.2) is 66.8 Å². The Morgan fingerprint density at radius 2 is 1.59 bits per heavy atom. The van der Waals surface area contributed by atoms with Crippen molar-refractivity contribution in [2.24, 2.45) is 0 Å². The predicted molar refractivity (Wildman–Crippen MR) is 136 cm³/mol. The van der Waals surface area contributed by atoms with E-state index in [2.05, 4.69) is 0 Å². The number of sulfonamides is 1. The van der Waals surface area contributed by atoms with Crippen molar-refractivity contribution in [2.75, 3.05) is 31.9 Å². The first-order valence-electron chi connectivity index (χ1n) is 11.8. The first-order valence-corrected chi connectivity index (χ1v) is 14.2. The monoisotopic (exact) mass is 614 g/mol. The van der Waals surface area contributed by atoms with Crippen molar-refractivity contribution in [3.8, 4) is 0 Å². The summed E-state index contributed by atoms with van der Waals surface area (Å²) in [6.45, 7) is 2.81. The molecule has 1 aromatic carbocycles. The largest absolute Gasteiger partial charge is 0.417 e. The molecule has 37 heavy (non-hydrogen) atoms. The van der Waals surface area contributed by atoms with E-state index in [1.54, 1.807) is 6.92 Å². The molecule has 212 valence electrons. The van der Waals surface area contributed by atoms with Crippen molar-refractivity contribution in [3.05, 3.63) is 33.3 Å². The van der Waals surface area contributed by atoms with Gasteiger partial charge in [-0.25, -0.2) is 17.2 Å². The number of nitrogens with zero attached hydrogens (tertiary/aromatic N) is 2. The van der Waals surface area contributed by atoms with Gasteiger partial charge in [0.2, 0.25) is 15.9 Å². The number of carbonyl (C=O) groups is 1. The highest BCUT2D eigenvalue weighted by Gasteiger charge is 2.47. The molecular weight excluding hydrogens is 586 g/mol. The highest BCUT2D eigenvalue weighted by molar-refractivity contribution is 7.89. The number of rotatable bonds is 8. The Hall–Kier alpha value is -0.720. The lowest BCUT2D eigenvalue weighted by molar-refractivity contribution is -0.137. The zero-order valence-electron chi connectivity index (χ0n) is 20.2. The highest BCUT2D eigenvalue weighted by Crippen LogP contribution is 2.45. The Balaban J connectivity index is 0.00000481. The molecule has 5 nitrogen and oxygen atoms in total. The lowest BCUT2D eigenvalue weighted by Crippen LogP contribution is -2.60. The standard InChI is InChI=1S/C23H29Cl2F5N2O3S.ClH/c1-2-15-36(34,35)32-13-11-31(12-14-32)21(7-9-22(26,27)10-8-21)6-5-18(33)19-17(24)4-3-16(20(19)25)23(28,29)30;/h3-4H,2,5-15H2,1H3;1H. The summed E-state index contributed by atoms with van der Waals surface area (Å²) < 4.78 is 94.1. The summed E-state index contributed by atoms with van der Waals surface area (Å²) in [5, 5.41) is -0.990. The molecule has 1 saturated carbocycles. The van der Waals surface area contributed by atoms with Gasteiger partial charge in [-0.15, -0.1) is 12.4 Å². The lowest BCUT2D eigenvalue weighted by Gasteiger charge is -2.51. The summed E-state index contributed by atoms with van der Waals surface area (Å²) in [5.74, 6) is -3.51. The molecule has 0 spiro atoms. The van der Waals surface area contributed by atoms with Crippen LogP contribution >= 0.6 is 35.6 Å². The van der Waals surface area contributed by atoms with E-state index < -0.39 is 49.6 Å². The quantitative estimate of drug-likeness (QED) is 0.241. The Kier molecular flexibility index (Phi) is 10.7. The van der Waals surface area contributed by atoms with E-state index in [1.807, 2.05) is 4.90 Å². The van der Waals surface area contributed by atoms with Gasteiger partial charge in [0.25, 0.3) is 0 Å². The van der Waals surface area contributed by atoms with Crippen LogP contribution in [0.5, 0.6) is 0 Å². The third-order valence-electron chi connectivity index (χ3n) is 7.17. The molecule has 0 bridgehead atoms. The SMILES string of the molecule is CCCS(=O)(=O)N1CCN(C2(CCC(=O)c3c(Cl)ccc(C(F)(F)F)c3Cl)CCC(F)(F)CC2)CC1.Cl. The molecule has 2 fully saturated rings. The Bertz CT molecular complexity index is 1070. The Labute approximate surface area is 230 Å². The smallest absolute Gasteiger partial charge is 0.295 e. The van der Waals surface area contributed by atoms with Crippen molar-refractivity contribution in [3.63, 3.8) is 0 Å². The average Bonchev–Trinajstić information content (AvgIpc) is 2.78. The predicted octanol–water partition coefficient (Wildman–Crippen LogP) is 6.70. The van der Waals surface area contributed by atoms with Crippen molar-refractivity contribution >= 4 is 51.4 Å². The van der Waals surface area contributed by atoms with Crippen LogP contribution in [0.25, 0.3) is 0 Å². The van der Waals surface area contributed by atoms with Crippen LogP contribution in [0.4, 0.5) is 22.0 Å². The van der Waals surface area contributed by atoms with Crippen LogP contribution in [-0.2, 0) is 16.2 Å². The molecule has 1 aromatic rings. The number of hydrogen-bond acceptors (Lipinski definition) is 4. The number of benzene rings is 1. The third-order valence-corrected chi connectivity index (χ3v) is 9.95. The minimum Gasteiger partial charge on any atom is -0.295 e. The van der Waals surface area contributed by atoms with Gasteiger partial charge in [0.05, 0.1) is 26.9 Å². The number of hydrogen-bond donors (Lipinski definition) is 0. The summed E-state index contributed by atoms with van der Waals surface area (Å²) in [7, 11) is -3.40. The number of Topliss-reactive ketones (excluding diaryl/α,β-unsaturated/α-hetero) is 1. The topological polar surface area (TPSA) is 57.7 Å². The second-order valence-corrected chi connectivity index (χ2v) is 12.4. The van der Waals surface area contributed by atoms with Crippen molar-refractivity contribution in [1.29, 1.82) is 0 Å². The molecule has 0 atom stereocenters. The van der Waals surface area contributed by atoms with Crippen LogP contribution in [0, 0.1) is 0 Å². The molecule has 1 heterocycles. The fourth-order valence-corrected chi connectivity index (χ4v) is 7.31. The number of carbonyl (C=O) groups excluding carboxylic acids is 1. The summed E-state index contributed by atoms with van der Waals surface area (Å²) >= 11 is 12.0. The fourth-order valence-electron chi connectivity index (χ4n) is 5.13. The molecule has 0 aromatic heterocycles. The third kappa shape index (κ3) is 7.48. The van der Waals surface area contributed by atoms with E-state index in [0.717, 1.165) is 6.07 Å². The van der Waals surface area contributed by atoms with E-state index >= 15 is 0 Å². The molecule has 0 radical (unpaired) electrons.